The summed E-state index contributed by atoms with van der Waals surface area (Å²) in [6, 6.07) is 0. The molecule has 2 atom stereocenters. The SMILES string of the molecule is CC(COC(=O)CCP)CC(C)(C)C. The molecule has 0 aromatic carbocycles. The van der Waals surface area contributed by atoms with E-state index in [0.29, 0.717) is 24.4 Å². The number of rotatable bonds is 5. The van der Waals surface area contributed by atoms with Gasteiger partial charge in [-0.2, -0.15) is 0 Å². The quantitative estimate of drug-likeness (QED) is 0.524. The lowest BCUT2D eigenvalue weighted by atomic mass is 9.86. The molecule has 0 amide bonds. The number of hydrogen-bond acceptors (Lipinski definition) is 2. The van der Waals surface area contributed by atoms with Crippen molar-refractivity contribution < 1.29 is 9.53 Å². The minimum absolute atomic E-state index is 0.0826. The average Bonchev–Trinajstić information content (AvgIpc) is 1.98. The molecule has 3 heteroatoms. The summed E-state index contributed by atoms with van der Waals surface area (Å²) < 4.78 is 5.14. The minimum atomic E-state index is -0.0826. The summed E-state index contributed by atoms with van der Waals surface area (Å²) >= 11 is 0. The standard InChI is InChI=1S/C11H23O2P/c1-9(7-11(2,3)4)8-13-10(12)5-6-14/h9H,5-8,14H2,1-4H3. The van der Waals surface area contributed by atoms with Crippen molar-refractivity contribution >= 4 is 15.2 Å². The molecule has 0 N–H and O–H groups in total. The lowest BCUT2D eigenvalue weighted by Gasteiger charge is -2.22. The Morgan fingerprint density at radius 1 is 1.43 bits per heavy atom. The van der Waals surface area contributed by atoms with E-state index in [0.717, 1.165) is 12.6 Å². The predicted molar refractivity (Wildman–Crippen MR) is 63.4 cm³/mol. The van der Waals surface area contributed by atoms with Crippen LogP contribution in [0.4, 0.5) is 0 Å². The molecular formula is C11H23O2P. The summed E-state index contributed by atoms with van der Waals surface area (Å²) in [4.78, 5) is 11.1. The largest absolute Gasteiger partial charge is 0.465 e. The first-order valence-corrected chi connectivity index (χ1v) is 6.02. The average molecular weight is 218 g/mol. The van der Waals surface area contributed by atoms with Crippen LogP contribution in [0.15, 0.2) is 0 Å². The summed E-state index contributed by atoms with van der Waals surface area (Å²) in [7, 11) is 2.53. The fraction of sp³-hybridized carbons (Fsp3) is 0.909. The van der Waals surface area contributed by atoms with Crippen LogP contribution in [-0.4, -0.2) is 18.7 Å². The van der Waals surface area contributed by atoms with E-state index in [9.17, 15) is 4.79 Å². The van der Waals surface area contributed by atoms with Gasteiger partial charge in [-0.25, -0.2) is 0 Å². The Labute approximate surface area is 90.0 Å². The van der Waals surface area contributed by atoms with Gasteiger partial charge in [0.25, 0.3) is 0 Å². The van der Waals surface area contributed by atoms with Gasteiger partial charge in [0.2, 0.25) is 0 Å². The fourth-order valence-electron chi connectivity index (χ4n) is 1.53. The maximum absolute atomic E-state index is 11.1. The molecule has 0 fully saturated rings. The highest BCUT2D eigenvalue weighted by atomic mass is 31.0. The molecule has 0 saturated heterocycles. The van der Waals surface area contributed by atoms with Crippen LogP contribution >= 0.6 is 9.24 Å². The van der Waals surface area contributed by atoms with Crippen LogP contribution in [0.25, 0.3) is 0 Å². The van der Waals surface area contributed by atoms with Crippen molar-refractivity contribution in [2.24, 2.45) is 11.3 Å². The summed E-state index contributed by atoms with van der Waals surface area (Å²) in [5.41, 5.74) is 0.312. The van der Waals surface area contributed by atoms with E-state index in [1.807, 2.05) is 0 Å². The molecular weight excluding hydrogens is 195 g/mol. The van der Waals surface area contributed by atoms with E-state index in [-0.39, 0.29) is 5.97 Å². The molecule has 0 radical (unpaired) electrons. The van der Waals surface area contributed by atoms with Gasteiger partial charge in [-0.3, -0.25) is 4.79 Å². The third-order valence-electron chi connectivity index (χ3n) is 1.84. The van der Waals surface area contributed by atoms with Gasteiger partial charge >= 0.3 is 5.97 Å². The molecule has 0 aliphatic rings. The van der Waals surface area contributed by atoms with Crippen LogP contribution in [0.5, 0.6) is 0 Å². The number of ether oxygens (including phenoxy) is 1. The smallest absolute Gasteiger partial charge is 0.306 e. The zero-order chi connectivity index (χ0) is 11.2. The van der Waals surface area contributed by atoms with E-state index >= 15 is 0 Å². The van der Waals surface area contributed by atoms with E-state index in [1.54, 1.807) is 0 Å². The Hall–Kier alpha value is -0.100. The second-order valence-electron chi connectivity index (χ2n) is 5.09. The number of hydrogen-bond donors (Lipinski definition) is 0. The van der Waals surface area contributed by atoms with Crippen LogP contribution < -0.4 is 0 Å². The lowest BCUT2D eigenvalue weighted by molar-refractivity contribution is -0.144. The lowest BCUT2D eigenvalue weighted by Crippen LogP contribution is -2.17. The van der Waals surface area contributed by atoms with E-state index in [4.69, 9.17) is 4.74 Å². The van der Waals surface area contributed by atoms with Gasteiger partial charge in [-0.05, 0) is 23.9 Å². The molecule has 0 aliphatic carbocycles. The molecule has 0 aliphatic heterocycles. The molecule has 84 valence electrons. The first kappa shape index (κ1) is 13.9. The van der Waals surface area contributed by atoms with Crippen LogP contribution in [0.1, 0.15) is 40.5 Å². The van der Waals surface area contributed by atoms with Crippen molar-refractivity contribution in [2.45, 2.75) is 40.5 Å². The van der Waals surface area contributed by atoms with E-state index in [1.165, 1.54) is 0 Å². The van der Waals surface area contributed by atoms with E-state index in [2.05, 4.69) is 36.9 Å². The highest BCUT2D eigenvalue weighted by molar-refractivity contribution is 7.16. The van der Waals surface area contributed by atoms with Crippen LogP contribution in [-0.2, 0) is 9.53 Å². The molecule has 0 aromatic heterocycles. The highest BCUT2D eigenvalue weighted by Gasteiger charge is 2.16. The monoisotopic (exact) mass is 218 g/mol. The molecule has 0 heterocycles. The first-order chi connectivity index (χ1) is 6.35. The zero-order valence-corrected chi connectivity index (χ0v) is 11.0. The van der Waals surface area contributed by atoms with Crippen molar-refractivity contribution in [3.63, 3.8) is 0 Å². The summed E-state index contributed by atoms with van der Waals surface area (Å²) in [5.74, 6) is 0.365. The minimum Gasteiger partial charge on any atom is -0.465 e. The van der Waals surface area contributed by atoms with Crippen molar-refractivity contribution in [3.05, 3.63) is 0 Å². The van der Waals surface area contributed by atoms with Crippen LogP contribution in [0.3, 0.4) is 0 Å². The van der Waals surface area contributed by atoms with Crippen molar-refractivity contribution in [1.82, 2.24) is 0 Å². The van der Waals surface area contributed by atoms with Crippen LogP contribution in [0.2, 0.25) is 0 Å². The van der Waals surface area contributed by atoms with Crippen molar-refractivity contribution in [2.75, 3.05) is 12.8 Å². The maximum Gasteiger partial charge on any atom is 0.306 e. The summed E-state index contributed by atoms with van der Waals surface area (Å²) in [5, 5.41) is 0. The summed E-state index contributed by atoms with van der Waals surface area (Å²) in [6.45, 7) is 9.29. The second-order valence-corrected chi connectivity index (χ2v) is 5.67. The van der Waals surface area contributed by atoms with Gasteiger partial charge in [0.05, 0.1) is 6.61 Å². The number of esters is 1. The Morgan fingerprint density at radius 3 is 2.43 bits per heavy atom. The molecule has 0 aromatic rings. The Balaban J connectivity index is 3.63. The van der Waals surface area contributed by atoms with Gasteiger partial charge in [0.1, 0.15) is 0 Å². The maximum atomic E-state index is 11.1. The topological polar surface area (TPSA) is 26.3 Å². The summed E-state index contributed by atoms with van der Waals surface area (Å²) in [6.07, 6.45) is 2.38. The zero-order valence-electron chi connectivity index (χ0n) is 9.80. The molecule has 0 bridgehead atoms. The highest BCUT2D eigenvalue weighted by Crippen LogP contribution is 2.24. The fourth-order valence-corrected chi connectivity index (χ4v) is 1.77. The van der Waals surface area contributed by atoms with Crippen LogP contribution in [0, 0.1) is 11.3 Å². The number of carbonyl (C=O) groups excluding carboxylic acids is 1. The normalized spacial score (nSPS) is 13.8. The van der Waals surface area contributed by atoms with Gasteiger partial charge in [0, 0.05) is 6.42 Å². The van der Waals surface area contributed by atoms with Gasteiger partial charge in [0.15, 0.2) is 0 Å². The molecule has 0 spiro atoms. The third-order valence-corrected chi connectivity index (χ3v) is 2.13. The van der Waals surface area contributed by atoms with Gasteiger partial charge in [-0.15, -0.1) is 9.24 Å². The third kappa shape index (κ3) is 8.50. The molecule has 2 nitrogen and oxygen atoms in total. The van der Waals surface area contributed by atoms with Crippen molar-refractivity contribution in [1.29, 1.82) is 0 Å². The van der Waals surface area contributed by atoms with E-state index < -0.39 is 0 Å². The van der Waals surface area contributed by atoms with Gasteiger partial charge in [-0.1, -0.05) is 27.7 Å². The second kappa shape index (κ2) is 6.40. The Bertz CT molecular complexity index is 173. The van der Waals surface area contributed by atoms with Gasteiger partial charge < -0.3 is 4.74 Å². The number of carbonyl (C=O) groups is 1. The Morgan fingerprint density at radius 2 is 2.00 bits per heavy atom. The molecule has 0 saturated carbocycles. The predicted octanol–water partition coefficient (Wildman–Crippen LogP) is 2.87. The molecule has 2 unspecified atom stereocenters. The Kier molecular flexibility index (Phi) is 6.35. The first-order valence-electron chi connectivity index (χ1n) is 5.21. The van der Waals surface area contributed by atoms with Crippen molar-refractivity contribution in [3.8, 4) is 0 Å². The molecule has 14 heavy (non-hydrogen) atoms. The molecule has 0 rings (SSSR count).